The second kappa shape index (κ2) is 5.25. The third kappa shape index (κ3) is 2.62. The van der Waals surface area contributed by atoms with Gasteiger partial charge in [-0.05, 0) is 32.9 Å². The van der Waals surface area contributed by atoms with Gasteiger partial charge in [-0.15, -0.1) is 11.3 Å². The molecule has 1 fully saturated rings. The maximum absolute atomic E-state index is 9.47. The van der Waals surface area contributed by atoms with Crippen molar-refractivity contribution in [2.75, 3.05) is 19.6 Å². The number of likely N-dealkylation sites (N-methyl/N-ethyl adjacent to an activating group) is 1. The molecule has 2 rings (SSSR count). The highest BCUT2D eigenvalue weighted by molar-refractivity contribution is 7.09. The predicted octanol–water partition coefficient (Wildman–Crippen LogP) is 2.40. The van der Waals surface area contributed by atoms with Crippen molar-refractivity contribution >= 4 is 11.3 Å². The number of rotatable bonds is 3. The maximum Gasteiger partial charge on any atom is 0.0973 e. The molecule has 0 aliphatic carbocycles. The summed E-state index contributed by atoms with van der Waals surface area (Å²) >= 11 is 1.70. The van der Waals surface area contributed by atoms with Crippen molar-refractivity contribution < 1.29 is 5.11 Å². The Bertz CT molecular complexity index is 338. The molecule has 4 heteroatoms. The Labute approximate surface area is 101 Å². The lowest BCUT2D eigenvalue weighted by atomic mass is 9.99. The van der Waals surface area contributed by atoms with Gasteiger partial charge in [0.05, 0.1) is 16.8 Å². The van der Waals surface area contributed by atoms with Crippen molar-refractivity contribution in [1.82, 2.24) is 9.88 Å². The van der Waals surface area contributed by atoms with Crippen LogP contribution in [0.25, 0.3) is 0 Å². The van der Waals surface area contributed by atoms with Crippen LogP contribution >= 0.6 is 11.3 Å². The van der Waals surface area contributed by atoms with E-state index < -0.39 is 6.10 Å². The normalized spacial score (nSPS) is 24.6. The van der Waals surface area contributed by atoms with Gasteiger partial charge >= 0.3 is 0 Å². The Morgan fingerprint density at radius 2 is 2.50 bits per heavy atom. The lowest BCUT2D eigenvalue weighted by molar-refractivity contribution is 0.193. The summed E-state index contributed by atoms with van der Waals surface area (Å²) in [6, 6.07) is 0. The molecule has 2 heterocycles. The van der Waals surface area contributed by atoms with Gasteiger partial charge in [0.15, 0.2) is 0 Å². The zero-order valence-corrected chi connectivity index (χ0v) is 10.8. The summed E-state index contributed by atoms with van der Waals surface area (Å²) in [4.78, 5) is 7.03. The standard InChI is InChI=1S/C12H20N2OS/c1-3-14-6-4-5-10(7-14)12-13-11(8-16-12)9(2)15/h8-10,15H,3-7H2,1-2H3. The highest BCUT2D eigenvalue weighted by atomic mass is 32.1. The van der Waals surface area contributed by atoms with E-state index in [9.17, 15) is 5.11 Å². The fraction of sp³-hybridized carbons (Fsp3) is 0.750. The van der Waals surface area contributed by atoms with Crippen LogP contribution in [0.15, 0.2) is 5.38 Å². The summed E-state index contributed by atoms with van der Waals surface area (Å²) in [5.74, 6) is 0.575. The Balaban J connectivity index is 2.05. The second-order valence-electron chi connectivity index (χ2n) is 4.52. The van der Waals surface area contributed by atoms with Crippen LogP contribution < -0.4 is 0 Å². The average Bonchev–Trinajstić information content (AvgIpc) is 2.78. The number of likely N-dealkylation sites (tertiary alicyclic amines) is 1. The topological polar surface area (TPSA) is 36.4 Å². The van der Waals surface area contributed by atoms with E-state index in [1.807, 2.05) is 5.38 Å². The first-order chi connectivity index (χ1) is 7.70. The minimum atomic E-state index is -0.434. The molecule has 0 amide bonds. The van der Waals surface area contributed by atoms with E-state index in [0.29, 0.717) is 5.92 Å². The van der Waals surface area contributed by atoms with E-state index in [2.05, 4.69) is 16.8 Å². The molecule has 90 valence electrons. The molecule has 1 aliphatic rings. The van der Waals surface area contributed by atoms with Crippen LogP contribution in [0.3, 0.4) is 0 Å². The van der Waals surface area contributed by atoms with Crippen LogP contribution in [0.5, 0.6) is 0 Å². The van der Waals surface area contributed by atoms with Gasteiger partial charge in [-0.1, -0.05) is 6.92 Å². The van der Waals surface area contributed by atoms with E-state index in [0.717, 1.165) is 18.8 Å². The molecule has 2 atom stereocenters. The Hall–Kier alpha value is -0.450. The second-order valence-corrected chi connectivity index (χ2v) is 5.41. The summed E-state index contributed by atoms with van der Waals surface area (Å²) in [5, 5.41) is 12.7. The predicted molar refractivity (Wildman–Crippen MR) is 66.8 cm³/mol. The molecule has 1 saturated heterocycles. The molecular formula is C12H20N2OS. The molecular weight excluding hydrogens is 220 g/mol. The molecule has 0 saturated carbocycles. The average molecular weight is 240 g/mol. The van der Waals surface area contributed by atoms with Crippen LogP contribution in [0.1, 0.15) is 49.4 Å². The van der Waals surface area contributed by atoms with Crippen molar-refractivity contribution in [3.8, 4) is 0 Å². The van der Waals surface area contributed by atoms with Crippen molar-refractivity contribution in [2.45, 2.75) is 38.7 Å². The molecule has 1 N–H and O–H groups in total. The minimum Gasteiger partial charge on any atom is -0.387 e. The van der Waals surface area contributed by atoms with E-state index in [4.69, 9.17) is 0 Å². The van der Waals surface area contributed by atoms with Crippen LogP contribution in [0.2, 0.25) is 0 Å². The van der Waals surface area contributed by atoms with Crippen molar-refractivity contribution in [2.24, 2.45) is 0 Å². The summed E-state index contributed by atoms with van der Waals surface area (Å²) < 4.78 is 0. The molecule has 16 heavy (non-hydrogen) atoms. The molecule has 3 nitrogen and oxygen atoms in total. The fourth-order valence-electron chi connectivity index (χ4n) is 2.22. The highest BCUT2D eigenvalue weighted by Crippen LogP contribution is 2.30. The number of thiazole rings is 1. The van der Waals surface area contributed by atoms with Gasteiger partial charge in [-0.2, -0.15) is 0 Å². The van der Waals surface area contributed by atoms with Gasteiger partial charge in [0.2, 0.25) is 0 Å². The number of aliphatic hydroxyl groups excluding tert-OH is 1. The molecule has 0 spiro atoms. The summed E-state index contributed by atoms with van der Waals surface area (Å²) in [6.07, 6.45) is 2.07. The third-order valence-corrected chi connectivity index (χ3v) is 4.30. The number of hydrogen-bond acceptors (Lipinski definition) is 4. The molecule has 0 radical (unpaired) electrons. The SMILES string of the molecule is CCN1CCCC(c2nc(C(C)O)cs2)C1. The quantitative estimate of drug-likeness (QED) is 0.881. The minimum absolute atomic E-state index is 0.434. The van der Waals surface area contributed by atoms with Crippen LogP contribution in [0, 0.1) is 0 Å². The molecule has 0 aromatic carbocycles. The van der Waals surface area contributed by atoms with Crippen LogP contribution in [0.4, 0.5) is 0 Å². The first-order valence-electron chi connectivity index (χ1n) is 6.06. The number of nitrogens with zero attached hydrogens (tertiary/aromatic N) is 2. The molecule has 1 aliphatic heterocycles. The van der Waals surface area contributed by atoms with E-state index in [-0.39, 0.29) is 0 Å². The Kier molecular flexibility index (Phi) is 3.95. The van der Waals surface area contributed by atoms with Gasteiger partial charge in [0.25, 0.3) is 0 Å². The lowest BCUT2D eigenvalue weighted by Crippen LogP contribution is -2.34. The van der Waals surface area contributed by atoms with Crippen molar-refractivity contribution in [3.63, 3.8) is 0 Å². The molecule has 2 unspecified atom stereocenters. The fourth-order valence-corrected chi connectivity index (χ4v) is 3.26. The van der Waals surface area contributed by atoms with Crippen LogP contribution in [-0.4, -0.2) is 34.6 Å². The maximum atomic E-state index is 9.47. The third-order valence-electron chi connectivity index (χ3n) is 3.27. The highest BCUT2D eigenvalue weighted by Gasteiger charge is 2.23. The van der Waals surface area contributed by atoms with Crippen molar-refractivity contribution in [3.05, 3.63) is 16.1 Å². The number of aromatic nitrogens is 1. The van der Waals surface area contributed by atoms with Gasteiger partial charge < -0.3 is 10.0 Å². The monoisotopic (exact) mass is 240 g/mol. The summed E-state index contributed by atoms with van der Waals surface area (Å²) in [7, 11) is 0. The first-order valence-corrected chi connectivity index (χ1v) is 6.94. The van der Waals surface area contributed by atoms with E-state index in [1.165, 1.54) is 24.4 Å². The first kappa shape index (κ1) is 12.0. The Morgan fingerprint density at radius 1 is 1.69 bits per heavy atom. The van der Waals surface area contributed by atoms with Crippen LogP contribution in [-0.2, 0) is 0 Å². The van der Waals surface area contributed by atoms with Gasteiger partial charge in [-0.3, -0.25) is 0 Å². The number of hydrogen-bond donors (Lipinski definition) is 1. The van der Waals surface area contributed by atoms with Gasteiger partial charge in [0.1, 0.15) is 0 Å². The largest absolute Gasteiger partial charge is 0.387 e. The van der Waals surface area contributed by atoms with Crippen molar-refractivity contribution in [1.29, 1.82) is 0 Å². The molecule has 0 bridgehead atoms. The smallest absolute Gasteiger partial charge is 0.0973 e. The van der Waals surface area contributed by atoms with Gasteiger partial charge in [0, 0.05) is 17.8 Å². The van der Waals surface area contributed by atoms with E-state index in [1.54, 1.807) is 18.3 Å². The number of aliphatic hydroxyl groups is 1. The summed E-state index contributed by atoms with van der Waals surface area (Å²) in [5.41, 5.74) is 0.827. The summed E-state index contributed by atoms with van der Waals surface area (Å²) in [6.45, 7) is 7.47. The molecule has 1 aromatic rings. The van der Waals surface area contributed by atoms with Gasteiger partial charge in [-0.25, -0.2) is 4.98 Å². The number of piperidine rings is 1. The molecule has 1 aromatic heterocycles. The lowest BCUT2D eigenvalue weighted by Gasteiger charge is -2.30. The zero-order valence-electron chi connectivity index (χ0n) is 10.0. The Morgan fingerprint density at radius 3 is 3.12 bits per heavy atom. The van der Waals surface area contributed by atoms with E-state index >= 15 is 0 Å². The zero-order chi connectivity index (χ0) is 11.5.